The molecule has 108 valence electrons. The molecule has 0 unspecified atom stereocenters. The molecule has 0 heterocycles. The van der Waals surface area contributed by atoms with Crippen LogP contribution in [0, 0.1) is 3.57 Å². The molecule has 0 aromatic heterocycles. The fourth-order valence-corrected chi connectivity index (χ4v) is 2.16. The van der Waals surface area contributed by atoms with Crippen LogP contribution >= 0.6 is 22.6 Å². The molecule has 0 aliphatic heterocycles. The molecule has 0 spiro atoms. The van der Waals surface area contributed by atoms with E-state index in [0.717, 1.165) is 3.57 Å². The van der Waals surface area contributed by atoms with E-state index in [4.69, 9.17) is 10.5 Å². The Morgan fingerprint density at radius 3 is 2.38 bits per heavy atom. The minimum absolute atomic E-state index is 0.0857. The van der Waals surface area contributed by atoms with Gasteiger partial charge in [0.15, 0.2) is 6.61 Å². The predicted octanol–water partition coefficient (Wildman–Crippen LogP) is 2.41. The largest absolute Gasteiger partial charge is 0.483 e. The first-order chi connectivity index (χ1) is 10.1. The topological polar surface area (TPSA) is 81.4 Å². The molecule has 0 bridgehead atoms. The van der Waals surface area contributed by atoms with Gasteiger partial charge in [0.25, 0.3) is 5.91 Å². The van der Waals surface area contributed by atoms with Crippen LogP contribution in [-0.2, 0) is 4.79 Å². The summed E-state index contributed by atoms with van der Waals surface area (Å²) in [5.41, 5.74) is 6.12. The van der Waals surface area contributed by atoms with E-state index >= 15 is 0 Å². The van der Waals surface area contributed by atoms with Crippen molar-refractivity contribution in [3.8, 4) is 5.75 Å². The van der Waals surface area contributed by atoms with E-state index in [-0.39, 0.29) is 12.5 Å². The van der Waals surface area contributed by atoms with Crippen molar-refractivity contribution in [3.05, 3.63) is 57.7 Å². The van der Waals surface area contributed by atoms with Crippen molar-refractivity contribution in [2.24, 2.45) is 5.73 Å². The molecule has 2 amide bonds. The number of anilines is 1. The molecule has 0 saturated carbocycles. The molecule has 2 aromatic rings. The molecular weight excluding hydrogens is 383 g/mol. The molecule has 6 heteroatoms. The van der Waals surface area contributed by atoms with Gasteiger partial charge < -0.3 is 15.8 Å². The van der Waals surface area contributed by atoms with Crippen molar-refractivity contribution in [1.29, 1.82) is 0 Å². The van der Waals surface area contributed by atoms with Gasteiger partial charge in [0.2, 0.25) is 5.91 Å². The number of carbonyl (C=O) groups is 2. The second kappa shape index (κ2) is 7.07. The number of ether oxygens (including phenoxy) is 1. The molecule has 3 N–H and O–H groups in total. The SMILES string of the molecule is NC(=O)c1ccc(NC(=O)COc2ccccc2I)cc1. The van der Waals surface area contributed by atoms with E-state index in [2.05, 4.69) is 27.9 Å². The second-order valence-electron chi connectivity index (χ2n) is 4.21. The van der Waals surface area contributed by atoms with E-state index in [1.54, 1.807) is 30.3 Å². The molecule has 21 heavy (non-hydrogen) atoms. The van der Waals surface area contributed by atoms with Crippen LogP contribution in [0.15, 0.2) is 48.5 Å². The summed E-state index contributed by atoms with van der Waals surface area (Å²) >= 11 is 2.14. The van der Waals surface area contributed by atoms with Crippen molar-refractivity contribution in [2.75, 3.05) is 11.9 Å². The third-order valence-electron chi connectivity index (χ3n) is 2.65. The predicted molar refractivity (Wildman–Crippen MR) is 88.2 cm³/mol. The van der Waals surface area contributed by atoms with Gasteiger partial charge in [0, 0.05) is 11.3 Å². The Kier molecular flexibility index (Phi) is 5.15. The summed E-state index contributed by atoms with van der Waals surface area (Å²) in [6.45, 7) is -0.0857. The number of hydrogen-bond donors (Lipinski definition) is 2. The molecule has 2 rings (SSSR count). The monoisotopic (exact) mass is 396 g/mol. The Hall–Kier alpha value is -2.09. The Balaban J connectivity index is 1.90. The summed E-state index contributed by atoms with van der Waals surface area (Å²) in [6, 6.07) is 13.8. The van der Waals surface area contributed by atoms with Gasteiger partial charge in [-0.2, -0.15) is 0 Å². The van der Waals surface area contributed by atoms with Crippen LogP contribution in [0.1, 0.15) is 10.4 Å². The van der Waals surface area contributed by atoms with Crippen LogP contribution in [0.5, 0.6) is 5.75 Å². The molecular formula is C15H13IN2O3. The summed E-state index contributed by atoms with van der Waals surface area (Å²) in [4.78, 5) is 22.7. The van der Waals surface area contributed by atoms with Gasteiger partial charge in [-0.3, -0.25) is 9.59 Å². The number of para-hydroxylation sites is 1. The van der Waals surface area contributed by atoms with E-state index in [1.807, 2.05) is 18.2 Å². The molecule has 0 saturated heterocycles. The zero-order chi connectivity index (χ0) is 15.2. The average Bonchev–Trinajstić information content (AvgIpc) is 2.47. The number of amides is 2. The maximum absolute atomic E-state index is 11.8. The van der Waals surface area contributed by atoms with Gasteiger partial charge in [-0.25, -0.2) is 0 Å². The number of nitrogens with two attached hydrogens (primary N) is 1. The van der Waals surface area contributed by atoms with Crippen LogP contribution in [0.3, 0.4) is 0 Å². The van der Waals surface area contributed by atoms with Crippen LogP contribution < -0.4 is 15.8 Å². The lowest BCUT2D eigenvalue weighted by Gasteiger charge is -2.09. The first kappa shape index (κ1) is 15.3. The average molecular weight is 396 g/mol. The van der Waals surface area contributed by atoms with E-state index in [0.29, 0.717) is 17.0 Å². The van der Waals surface area contributed by atoms with Crippen LogP contribution in [0.4, 0.5) is 5.69 Å². The fraction of sp³-hybridized carbons (Fsp3) is 0.0667. The summed E-state index contributed by atoms with van der Waals surface area (Å²) in [7, 11) is 0. The number of rotatable bonds is 5. The standard InChI is InChI=1S/C15H13IN2O3/c16-12-3-1-2-4-13(12)21-9-14(19)18-11-7-5-10(6-8-11)15(17)20/h1-8H,9H2,(H2,17,20)(H,18,19). The number of carbonyl (C=O) groups excluding carboxylic acids is 2. The van der Waals surface area contributed by atoms with Gasteiger partial charge in [-0.15, -0.1) is 0 Å². The van der Waals surface area contributed by atoms with Gasteiger partial charge in [-0.1, -0.05) is 12.1 Å². The van der Waals surface area contributed by atoms with Crippen molar-refractivity contribution in [2.45, 2.75) is 0 Å². The van der Waals surface area contributed by atoms with Crippen molar-refractivity contribution in [1.82, 2.24) is 0 Å². The first-order valence-electron chi connectivity index (χ1n) is 6.13. The van der Waals surface area contributed by atoms with Crippen LogP contribution in [0.2, 0.25) is 0 Å². The smallest absolute Gasteiger partial charge is 0.262 e. The zero-order valence-corrected chi connectivity index (χ0v) is 13.2. The summed E-state index contributed by atoms with van der Waals surface area (Å²) in [6.07, 6.45) is 0. The van der Waals surface area contributed by atoms with Gasteiger partial charge >= 0.3 is 0 Å². The van der Waals surface area contributed by atoms with Gasteiger partial charge in [-0.05, 0) is 59.0 Å². The Morgan fingerprint density at radius 1 is 1.10 bits per heavy atom. The highest BCUT2D eigenvalue weighted by molar-refractivity contribution is 14.1. The highest BCUT2D eigenvalue weighted by atomic mass is 127. The lowest BCUT2D eigenvalue weighted by atomic mass is 10.2. The van der Waals surface area contributed by atoms with E-state index in [9.17, 15) is 9.59 Å². The Bertz CT molecular complexity index is 656. The Labute approximate surface area is 135 Å². The second-order valence-corrected chi connectivity index (χ2v) is 5.37. The molecule has 0 fully saturated rings. The van der Waals surface area contributed by atoms with Crippen LogP contribution in [-0.4, -0.2) is 18.4 Å². The molecule has 0 aliphatic carbocycles. The number of benzene rings is 2. The molecule has 2 aromatic carbocycles. The third kappa shape index (κ3) is 4.45. The van der Waals surface area contributed by atoms with Crippen molar-refractivity contribution in [3.63, 3.8) is 0 Å². The minimum Gasteiger partial charge on any atom is -0.483 e. The molecule has 5 nitrogen and oxygen atoms in total. The summed E-state index contributed by atoms with van der Waals surface area (Å²) in [5.74, 6) is -0.117. The van der Waals surface area contributed by atoms with E-state index in [1.165, 1.54) is 0 Å². The van der Waals surface area contributed by atoms with Crippen molar-refractivity contribution < 1.29 is 14.3 Å². The molecule has 0 atom stereocenters. The number of hydrogen-bond acceptors (Lipinski definition) is 3. The maximum Gasteiger partial charge on any atom is 0.262 e. The maximum atomic E-state index is 11.8. The summed E-state index contributed by atoms with van der Waals surface area (Å²) < 4.78 is 6.38. The van der Waals surface area contributed by atoms with Crippen LogP contribution in [0.25, 0.3) is 0 Å². The summed E-state index contributed by atoms with van der Waals surface area (Å²) in [5, 5.41) is 2.68. The lowest BCUT2D eigenvalue weighted by Crippen LogP contribution is -2.20. The lowest BCUT2D eigenvalue weighted by molar-refractivity contribution is -0.118. The highest BCUT2D eigenvalue weighted by Gasteiger charge is 2.06. The van der Waals surface area contributed by atoms with Crippen molar-refractivity contribution >= 4 is 40.1 Å². The Morgan fingerprint density at radius 2 is 1.76 bits per heavy atom. The number of halogens is 1. The quantitative estimate of drug-likeness (QED) is 0.762. The minimum atomic E-state index is -0.505. The normalized spacial score (nSPS) is 9.95. The number of primary amides is 1. The van der Waals surface area contributed by atoms with Gasteiger partial charge in [0.1, 0.15) is 5.75 Å². The highest BCUT2D eigenvalue weighted by Crippen LogP contribution is 2.19. The zero-order valence-electron chi connectivity index (χ0n) is 11.0. The third-order valence-corrected chi connectivity index (χ3v) is 3.54. The molecule has 0 radical (unpaired) electrons. The van der Waals surface area contributed by atoms with E-state index < -0.39 is 5.91 Å². The van der Waals surface area contributed by atoms with Gasteiger partial charge in [0.05, 0.1) is 3.57 Å². The molecule has 0 aliphatic rings. The fourth-order valence-electron chi connectivity index (χ4n) is 1.62. The first-order valence-corrected chi connectivity index (χ1v) is 7.21. The number of nitrogens with one attached hydrogen (secondary N) is 1.